The van der Waals surface area contributed by atoms with E-state index in [4.69, 9.17) is 4.74 Å². The van der Waals surface area contributed by atoms with Crippen molar-refractivity contribution >= 4 is 5.91 Å². The molecule has 0 bridgehead atoms. The van der Waals surface area contributed by atoms with Crippen LogP contribution in [0.5, 0.6) is 0 Å². The Labute approximate surface area is 121 Å². The second-order valence-electron chi connectivity index (χ2n) is 5.53. The van der Waals surface area contributed by atoms with Crippen LogP contribution in [0.3, 0.4) is 0 Å². The molecule has 0 aliphatic carbocycles. The van der Waals surface area contributed by atoms with Crippen LogP contribution < -0.4 is 5.32 Å². The first-order valence-electron chi connectivity index (χ1n) is 7.31. The molecule has 1 aromatic rings. The third-order valence-electron chi connectivity index (χ3n) is 3.56. The maximum absolute atomic E-state index is 12.5. The Hall–Kier alpha value is -1.39. The van der Waals surface area contributed by atoms with Crippen LogP contribution in [0.25, 0.3) is 0 Å². The molecule has 1 N–H and O–H groups in total. The van der Waals surface area contributed by atoms with E-state index in [1.807, 2.05) is 23.1 Å². The first kappa shape index (κ1) is 15.0. The number of hydrogen-bond donors (Lipinski definition) is 1. The van der Waals surface area contributed by atoms with E-state index in [-0.39, 0.29) is 18.0 Å². The van der Waals surface area contributed by atoms with Gasteiger partial charge in [-0.25, -0.2) is 0 Å². The molecule has 1 saturated heterocycles. The third-order valence-corrected chi connectivity index (χ3v) is 3.56. The fraction of sp³-hybridized carbons (Fsp3) is 0.562. The highest BCUT2D eigenvalue weighted by molar-refractivity contribution is 5.77. The van der Waals surface area contributed by atoms with Gasteiger partial charge in [0, 0.05) is 31.6 Å². The molecule has 0 saturated carbocycles. The highest BCUT2D eigenvalue weighted by Gasteiger charge is 2.22. The van der Waals surface area contributed by atoms with Gasteiger partial charge in [-0.15, -0.1) is 0 Å². The minimum Gasteiger partial charge on any atom is -0.378 e. The molecule has 1 fully saturated rings. The molecule has 1 unspecified atom stereocenters. The zero-order chi connectivity index (χ0) is 14.4. The molecule has 4 nitrogen and oxygen atoms in total. The second-order valence-corrected chi connectivity index (χ2v) is 5.53. The van der Waals surface area contributed by atoms with Crippen molar-refractivity contribution in [3.63, 3.8) is 0 Å². The van der Waals surface area contributed by atoms with E-state index >= 15 is 0 Å². The number of rotatable bonds is 5. The Kier molecular flexibility index (Phi) is 5.56. The second kappa shape index (κ2) is 7.41. The van der Waals surface area contributed by atoms with E-state index < -0.39 is 0 Å². The average Bonchev–Trinajstić information content (AvgIpc) is 2.46. The van der Waals surface area contributed by atoms with Gasteiger partial charge < -0.3 is 15.0 Å². The van der Waals surface area contributed by atoms with Gasteiger partial charge in [0.25, 0.3) is 0 Å². The SMILES string of the molecule is CC(C)N(Cc1ccccc1)C(=O)CC1COCCN1. The van der Waals surface area contributed by atoms with Gasteiger partial charge in [0.2, 0.25) is 5.91 Å². The van der Waals surface area contributed by atoms with Crippen LogP contribution in [0, 0.1) is 0 Å². The lowest BCUT2D eigenvalue weighted by Crippen LogP contribution is -2.46. The molecular weight excluding hydrogens is 252 g/mol. The normalized spacial score (nSPS) is 19.1. The van der Waals surface area contributed by atoms with Gasteiger partial charge in [0.05, 0.1) is 13.2 Å². The molecule has 1 atom stereocenters. The molecule has 4 heteroatoms. The van der Waals surface area contributed by atoms with Gasteiger partial charge in [-0.2, -0.15) is 0 Å². The van der Waals surface area contributed by atoms with Crippen LogP contribution in [0.1, 0.15) is 25.8 Å². The first-order chi connectivity index (χ1) is 9.66. The summed E-state index contributed by atoms with van der Waals surface area (Å²) in [5, 5.41) is 3.34. The fourth-order valence-electron chi connectivity index (χ4n) is 2.42. The maximum atomic E-state index is 12.5. The van der Waals surface area contributed by atoms with Crippen LogP contribution >= 0.6 is 0 Å². The minimum atomic E-state index is 0.147. The predicted octanol–water partition coefficient (Wildman–Crippen LogP) is 1.80. The number of benzene rings is 1. The Bertz CT molecular complexity index is 414. The molecule has 1 aliphatic rings. The Morgan fingerprint density at radius 1 is 1.40 bits per heavy atom. The third kappa shape index (κ3) is 4.32. The monoisotopic (exact) mass is 276 g/mol. The lowest BCUT2D eigenvalue weighted by Gasteiger charge is -2.30. The summed E-state index contributed by atoms with van der Waals surface area (Å²) < 4.78 is 5.41. The van der Waals surface area contributed by atoms with Crippen LogP contribution in [0.4, 0.5) is 0 Å². The number of nitrogens with one attached hydrogen (secondary N) is 1. The summed E-state index contributed by atoms with van der Waals surface area (Å²) in [6.07, 6.45) is 0.505. The van der Waals surface area contributed by atoms with E-state index in [0.29, 0.717) is 19.6 Å². The van der Waals surface area contributed by atoms with Gasteiger partial charge in [-0.1, -0.05) is 30.3 Å². The van der Waals surface area contributed by atoms with Crippen molar-refractivity contribution in [2.75, 3.05) is 19.8 Å². The largest absolute Gasteiger partial charge is 0.378 e. The Morgan fingerprint density at radius 2 is 2.15 bits per heavy atom. The van der Waals surface area contributed by atoms with Crippen LogP contribution in [-0.4, -0.2) is 42.6 Å². The van der Waals surface area contributed by atoms with E-state index in [1.54, 1.807) is 0 Å². The van der Waals surface area contributed by atoms with Crippen molar-refractivity contribution in [3.8, 4) is 0 Å². The highest BCUT2D eigenvalue weighted by atomic mass is 16.5. The average molecular weight is 276 g/mol. The standard InChI is InChI=1S/C16H24N2O2/c1-13(2)18(11-14-6-4-3-5-7-14)16(19)10-15-12-20-9-8-17-15/h3-7,13,15,17H,8-12H2,1-2H3. The first-order valence-corrected chi connectivity index (χ1v) is 7.31. The number of carbonyl (C=O) groups is 1. The summed E-state index contributed by atoms with van der Waals surface area (Å²) in [5.74, 6) is 0.187. The summed E-state index contributed by atoms with van der Waals surface area (Å²) >= 11 is 0. The van der Waals surface area contributed by atoms with Gasteiger partial charge in [-0.05, 0) is 19.4 Å². The zero-order valence-electron chi connectivity index (χ0n) is 12.3. The molecule has 1 aromatic carbocycles. The Balaban J connectivity index is 1.95. The van der Waals surface area contributed by atoms with E-state index in [2.05, 4.69) is 31.3 Å². The van der Waals surface area contributed by atoms with Crippen LogP contribution in [-0.2, 0) is 16.1 Å². The molecule has 1 heterocycles. The number of hydrogen-bond acceptors (Lipinski definition) is 3. The molecule has 0 spiro atoms. The molecular formula is C16H24N2O2. The smallest absolute Gasteiger partial charge is 0.224 e. The predicted molar refractivity (Wildman–Crippen MR) is 79.4 cm³/mol. The Morgan fingerprint density at radius 3 is 2.75 bits per heavy atom. The molecule has 2 rings (SSSR count). The number of ether oxygens (including phenoxy) is 1. The molecule has 20 heavy (non-hydrogen) atoms. The summed E-state index contributed by atoms with van der Waals surface area (Å²) in [4.78, 5) is 14.4. The molecule has 1 amide bonds. The van der Waals surface area contributed by atoms with Crippen LogP contribution in [0.15, 0.2) is 30.3 Å². The quantitative estimate of drug-likeness (QED) is 0.891. The number of amides is 1. The number of morpholine rings is 1. The van der Waals surface area contributed by atoms with E-state index in [9.17, 15) is 4.79 Å². The number of nitrogens with zero attached hydrogens (tertiary/aromatic N) is 1. The van der Waals surface area contributed by atoms with Crippen molar-refractivity contribution in [2.24, 2.45) is 0 Å². The molecule has 0 aromatic heterocycles. The summed E-state index contributed by atoms with van der Waals surface area (Å²) in [6, 6.07) is 10.5. The van der Waals surface area contributed by atoms with Crippen molar-refractivity contribution in [3.05, 3.63) is 35.9 Å². The van der Waals surface area contributed by atoms with Crippen molar-refractivity contribution in [1.29, 1.82) is 0 Å². The number of carbonyl (C=O) groups excluding carboxylic acids is 1. The van der Waals surface area contributed by atoms with Gasteiger partial charge in [-0.3, -0.25) is 4.79 Å². The lowest BCUT2D eigenvalue weighted by molar-refractivity contribution is -0.134. The minimum absolute atomic E-state index is 0.147. The van der Waals surface area contributed by atoms with E-state index in [1.165, 1.54) is 5.56 Å². The summed E-state index contributed by atoms with van der Waals surface area (Å²) in [6.45, 7) is 6.99. The van der Waals surface area contributed by atoms with Crippen molar-refractivity contribution < 1.29 is 9.53 Å². The topological polar surface area (TPSA) is 41.6 Å². The van der Waals surface area contributed by atoms with Gasteiger partial charge in [0.1, 0.15) is 0 Å². The van der Waals surface area contributed by atoms with Gasteiger partial charge >= 0.3 is 0 Å². The molecule has 0 radical (unpaired) electrons. The van der Waals surface area contributed by atoms with Crippen LogP contribution in [0.2, 0.25) is 0 Å². The summed E-state index contributed by atoms with van der Waals surface area (Å²) in [7, 11) is 0. The molecule has 1 aliphatic heterocycles. The van der Waals surface area contributed by atoms with Crippen molar-refractivity contribution in [1.82, 2.24) is 10.2 Å². The maximum Gasteiger partial charge on any atom is 0.224 e. The zero-order valence-corrected chi connectivity index (χ0v) is 12.3. The summed E-state index contributed by atoms with van der Waals surface area (Å²) in [5.41, 5.74) is 1.17. The fourth-order valence-corrected chi connectivity index (χ4v) is 2.42. The molecule has 110 valence electrons. The van der Waals surface area contributed by atoms with Crippen molar-refractivity contribution in [2.45, 2.75) is 38.9 Å². The highest BCUT2D eigenvalue weighted by Crippen LogP contribution is 2.11. The lowest BCUT2D eigenvalue weighted by atomic mass is 10.1. The van der Waals surface area contributed by atoms with E-state index in [0.717, 1.165) is 13.2 Å². The van der Waals surface area contributed by atoms with Gasteiger partial charge in [0.15, 0.2) is 0 Å².